The molecule has 3 heterocycles. The molecule has 0 spiro atoms. The molecule has 1 aromatic heterocycles. The Morgan fingerprint density at radius 2 is 2.11 bits per heavy atom. The first-order valence-corrected chi connectivity index (χ1v) is 9.77. The van der Waals surface area contributed by atoms with Crippen LogP contribution in [-0.2, 0) is 0 Å². The predicted molar refractivity (Wildman–Crippen MR) is 105 cm³/mol. The van der Waals surface area contributed by atoms with Gasteiger partial charge in [0.2, 0.25) is 5.43 Å². The van der Waals surface area contributed by atoms with E-state index in [1.165, 1.54) is 12.3 Å². The normalized spacial score (nSPS) is 23.6. The lowest BCUT2D eigenvalue weighted by Gasteiger charge is -2.28. The number of nitrogens with two attached hydrogens (primary N) is 1. The third-order valence-corrected chi connectivity index (χ3v) is 6.26. The minimum atomic E-state index is -1.28. The van der Waals surface area contributed by atoms with E-state index in [1.54, 1.807) is 0 Å². The quantitative estimate of drug-likeness (QED) is 0.851. The number of aromatic carboxylic acids is 1. The van der Waals surface area contributed by atoms with Gasteiger partial charge >= 0.3 is 5.97 Å². The minimum Gasteiger partial charge on any atom is -0.477 e. The van der Waals surface area contributed by atoms with E-state index in [4.69, 9.17) is 5.73 Å². The molecule has 0 radical (unpaired) electrons. The molecule has 2 atom stereocenters. The van der Waals surface area contributed by atoms with Crippen LogP contribution in [0.25, 0.3) is 17.0 Å². The summed E-state index contributed by atoms with van der Waals surface area (Å²) in [5.74, 6) is -1.43. The average molecular weight is 383 g/mol. The summed E-state index contributed by atoms with van der Waals surface area (Å²) in [5, 5.41) is 9.58. The zero-order valence-corrected chi connectivity index (χ0v) is 15.4. The number of carbonyl (C=O) groups is 1. The predicted octanol–water partition coefficient (Wildman–Crippen LogP) is 2.74. The highest BCUT2D eigenvalue weighted by Gasteiger charge is 2.36. The van der Waals surface area contributed by atoms with Crippen LogP contribution in [0.4, 0.5) is 10.1 Å². The molecule has 0 bridgehead atoms. The molecule has 5 rings (SSSR count). The summed E-state index contributed by atoms with van der Waals surface area (Å²) in [5.41, 5.74) is 6.77. The minimum absolute atomic E-state index is 0.140. The van der Waals surface area contributed by atoms with E-state index in [-0.39, 0.29) is 23.0 Å². The number of carboxylic acids is 1. The van der Waals surface area contributed by atoms with E-state index in [0.717, 1.165) is 25.7 Å². The Balaban J connectivity index is 1.84. The van der Waals surface area contributed by atoms with Crippen molar-refractivity contribution in [3.05, 3.63) is 45.5 Å². The summed E-state index contributed by atoms with van der Waals surface area (Å²) in [6, 6.07) is 1.57. The number of anilines is 1. The Hall–Kier alpha value is -2.67. The molecule has 2 fully saturated rings. The van der Waals surface area contributed by atoms with Crippen LogP contribution in [0.2, 0.25) is 0 Å². The molecular formula is C21H22FN3O3. The topological polar surface area (TPSA) is 88.6 Å². The Kier molecular flexibility index (Phi) is 3.84. The van der Waals surface area contributed by atoms with Crippen molar-refractivity contribution in [3.8, 4) is 0 Å². The molecular weight excluding hydrogens is 361 g/mol. The molecule has 1 saturated heterocycles. The molecule has 2 aliphatic heterocycles. The van der Waals surface area contributed by atoms with Crippen molar-refractivity contribution < 1.29 is 14.3 Å². The van der Waals surface area contributed by atoms with Gasteiger partial charge in [-0.3, -0.25) is 4.79 Å². The van der Waals surface area contributed by atoms with Gasteiger partial charge in [-0.1, -0.05) is 12.2 Å². The van der Waals surface area contributed by atoms with Gasteiger partial charge in [0.15, 0.2) is 0 Å². The van der Waals surface area contributed by atoms with Gasteiger partial charge in [-0.25, -0.2) is 9.18 Å². The monoisotopic (exact) mass is 383 g/mol. The highest BCUT2D eigenvalue weighted by Crippen LogP contribution is 2.43. The van der Waals surface area contributed by atoms with Gasteiger partial charge in [0, 0.05) is 30.4 Å². The van der Waals surface area contributed by atoms with E-state index < -0.39 is 17.2 Å². The lowest BCUT2D eigenvalue weighted by Crippen LogP contribution is -2.30. The zero-order chi connectivity index (χ0) is 19.6. The van der Waals surface area contributed by atoms with Gasteiger partial charge in [-0.05, 0) is 44.2 Å². The molecule has 28 heavy (non-hydrogen) atoms. The van der Waals surface area contributed by atoms with Gasteiger partial charge in [-0.2, -0.15) is 0 Å². The second kappa shape index (κ2) is 6.17. The van der Waals surface area contributed by atoms with Gasteiger partial charge in [0.25, 0.3) is 0 Å². The summed E-state index contributed by atoms with van der Waals surface area (Å²) in [4.78, 5) is 26.5. The van der Waals surface area contributed by atoms with E-state index in [0.29, 0.717) is 35.8 Å². The Bertz CT molecular complexity index is 1090. The zero-order valence-electron chi connectivity index (χ0n) is 15.4. The maximum absolute atomic E-state index is 15.3. The summed E-state index contributed by atoms with van der Waals surface area (Å²) in [7, 11) is 0. The highest BCUT2D eigenvalue weighted by atomic mass is 19.1. The van der Waals surface area contributed by atoms with E-state index >= 15 is 4.39 Å². The van der Waals surface area contributed by atoms with Crippen LogP contribution in [0.5, 0.6) is 0 Å². The summed E-state index contributed by atoms with van der Waals surface area (Å²) in [6.07, 6.45) is 8.94. The van der Waals surface area contributed by atoms with E-state index in [1.807, 2.05) is 16.7 Å². The number of pyridine rings is 1. The fourth-order valence-electron chi connectivity index (χ4n) is 4.78. The van der Waals surface area contributed by atoms with Crippen LogP contribution in [-0.4, -0.2) is 34.8 Å². The van der Waals surface area contributed by atoms with Crippen LogP contribution < -0.4 is 16.1 Å². The molecule has 7 heteroatoms. The number of aromatic nitrogens is 1. The van der Waals surface area contributed by atoms with Crippen molar-refractivity contribution in [1.82, 2.24) is 4.57 Å². The Labute approximate surface area is 161 Å². The number of nitrogens with zero attached hydrogens (tertiary/aromatic N) is 2. The first kappa shape index (κ1) is 17.4. The number of halogens is 1. The van der Waals surface area contributed by atoms with Crippen molar-refractivity contribution in [1.29, 1.82) is 0 Å². The molecule has 1 aromatic carbocycles. The average Bonchev–Trinajstić information content (AvgIpc) is 3.45. The molecule has 1 unspecified atom stereocenters. The standard InChI is InChI=1S/C21H22FN3O3/c22-17-7-15-18(25(12-4-5-12)10-16(20(15)26)21(27)28)14-3-1-2-13-6-11(8-23)9-24(13)19(14)17/h1,3,7,10-13H,2,4-6,8-9,23H2,(H,27,28)/t11-,13?/m1/s1. The largest absolute Gasteiger partial charge is 0.477 e. The number of hydrogen-bond acceptors (Lipinski definition) is 4. The fraction of sp³-hybridized carbons (Fsp3) is 0.429. The molecule has 1 aliphatic carbocycles. The smallest absolute Gasteiger partial charge is 0.341 e. The molecule has 3 N–H and O–H groups in total. The van der Waals surface area contributed by atoms with Gasteiger partial charge in [0.1, 0.15) is 11.4 Å². The molecule has 6 nitrogen and oxygen atoms in total. The van der Waals surface area contributed by atoms with Crippen molar-refractivity contribution in [2.24, 2.45) is 11.7 Å². The van der Waals surface area contributed by atoms with Crippen molar-refractivity contribution in [3.63, 3.8) is 0 Å². The third-order valence-electron chi connectivity index (χ3n) is 6.26. The number of rotatable bonds is 3. The van der Waals surface area contributed by atoms with E-state index in [9.17, 15) is 14.7 Å². The number of fused-ring (bicyclic) bond motifs is 5. The first-order chi connectivity index (χ1) is 13.5. The highest BCUT2D eigenvalue weighted by molar-refractivity contribution is 5.98. The maximum atomic E-state index is 15.3. The lowest BCUT2D eigenvalue weighted by molar-refractivity contribution is 0.0695. The Morgan fingerprint density at radius 3 is 2.79 bits per heavy atom. The second-order valence-electron chi connectivity index (χ2n) is 8.11. The van der Waals surface area contributed by atoms with Crippen LogP contribution in [0.15, 0.2) is 23.1 Å². The summed E-state index contributed by atoms with van der Waals surface area (Å²) >= 11 is 0. The number of hydrogen-bond donors (Lipinski definition) is 2. The summed E-state index contributed by atoms with van der Waals surface area (Å²) < 4.78 is 17.2. The molecule has 2 aromatic rings. The number of benzene rings is 1. The first-order valence-electron chi connectivity index (χ1n) is 9.77. The number of carboxylic acid groups (broad SMARTS) is 1. The Morgan fingerprint density at radius 1 is 1.32 bits per heavy atom. The van der Waals surface area contributed by atoms with Crippen molar-refractivity contribution >= 4 is 28.6 Å². The molecule has 3 aliphatic rings. The van der Waals surface area contributed by atoms with Gasteiger partial charge < -0.3 is 20.3 Å². The SMILES string of the molecule is NC[C@H]1CC2CC=Cc3c(c(F)cc4c(=O)c(C(=O)O)cn(C5CC5)c34)N2C1. The molecule has 0 amide bonds. The maximum Gasteiger partial charge on any atom is 0.341 e. The van der Waals surface area contributed by atoms with Gasteiger partial charge in [0.05, 0.1) is 16.6 Å². The van der Waals surface area contributed by atoms with Crippen LogP contribution in [0, 0.1) is 11.7 Å². The van der Waals surface area contributed by atoms with Crippen molar-refractivity contribution in [2.45, 2.75) is 37.8 Å². The van der Waals surface area contributed by atoms with Crippen molar-refractivity contribution in [2.75, 3.05) is 18.0 Å². The van der Waals surface area contributed by atoms with Crippen LogP contribution in [0.3, 0.4) is 0 Å². The summed E-state index contributed by atoms with van der Waals surface area (Å²) in [6.45, 7) is 1.26. The van der Waals surface area contributed by atoms with Crippen LogP contribution >= 0.6 is 0 Å². The fourth-order valence-corrected chi connectivity index (χ4v) is 4.78. The lowest BCUT2D eigenvalue weighted by atomic mass is 10.0. The third kappa shape index (κ3) is 2.49. The van der Waals surface area contributed by atoms with E-state index in [2.05, 4.69) is 4.90 Å². The van der Waals surface area contributed by atoms with Crippen LogP contribution in [0.1, 0.15) is 47.6 Å². The van der Waals surface area contributed by atoms with Gasteiger partial charge in [-0.15, -0.1) is 0 Å². The second-order valence-corrected chi connectivity index (χ2v) is 8.11. The molecule has 1 saturated carbocycles. The molecule has 146 valence electrons.